The van der Waals surface area contributed by atoms with Crippen molar-refractivity contribution < 1.29 is 4.79 Å². The van der Waals surface area contributed by atoms with Crippen LogP contribution in [0.4, 0.5) is 0 Å². The van der Waals surface area contributed by atoms with Crippen molar-refractivity contribution in [1.82, 2.24) is 4.90 Å². The largest absolute Gasteiger partial charge is 0.335 e. The summed E-state index contributed by atoms with van der Waals surface area (Å²) >= 11 is 0. The molecule has 2 aromatic rings. The minimum atomic E-state index is -0.117. The van der Waals surface area contributed by atoms with Crippen molar-refractivity contribution in [2.45, 2.75) is 46.2 Å². The molecule has 2 aromatic carbocycles. The van der Waals surface area contributed by atoms with Crippen LogP contribution in [0.2, 0.25) is 0 Å². The van der Waals surface area contributed by atoms with Gasteiger partial charge in [0.2, 0.25) is 5.91 Å². The molecule has 0 aliphatic rings. The van der Waals surface area contributed by atoms with E-state index in [1.54, 1.807) is 0 Å². The van der Waals surface area contributed by atoms with Gasteiger partial charge in [-0.1, -0.05) is 60.2 Å². The molecule has 0 aliphatic carbocycles. The number of carbonyl (C=O) groups excluding carboxylic acids is 1. The van der Waals surface area contributed by atoms with E-state index in [4.69, 9.17) is 0 Å². The van der Waals surface area contributed by atoms with Crippen LogP contribution in [0.15, 0.2) is 54.6 Å². The number of rotatable bonds is 5. The summed E-state index contributed by atoms with van der Waals surface area (Å²) in [6.45, 7) is 8.88. The molecule has 0 radical (unpaired) electrons. The molecule has 2 heteroatoms. The summed E-state index contributed by atoms with van der Waals surface area (Å²) in [4.78, 5) is 14.9. The minimum Gasteiger partial charge on any atom is -0.335 e. The standard InChI is InChI=1S/C20H25NO/c1-15(2)21(14-18-10-8-9-16(3)13-18)20(22)17(4)19-11-6-5-7-12-19/h5-13,15,17H,14H2,1-4H3/t17-/m0/s1. The van der Waals surface area contributed by atoms with E-state index < -0.39 is 0 Å². The molecule has 1 amide bonds. The summed E-state index contributed by atoms with van der Waals surface area (Å²) in [6, 6.07) is 18.5. The molecule has 0 spiro atoms. The summed E-state index contributed by atoms with van der Waals surface area (Å²) in [5, 5.41) is 0. The van der Waals surface area contributed by atoms with E-state index in [-0.39, 0.29) is 17.9 Å². The quantitative estimate of drug-likeness (QED) is 0.793. The molecular weight excluding hydrogens is 270 g/mol. The molecule has 0 saturated heterocycles. The maximum absolute atomic E-state index is 12.9. The van der Waals surface area contributed by atoms with Crippen molar-refractivity contribution in [3.63, 3.8) is 0 Å². The van der Waals surface area contributed by atoms with Gasteiger partial charge in [-0.3, -0.25) is 4.79 Å². The highest BCUT2D eigenvalue weighted by atomic mass is 16.2. The molecule has 0 aliphatic heterocycles. The van der Waals surface area contributed by atoms with Gasteiger partial charge < -0.3 is 4.90 Å². The molecule has 0 unspecified atom stereocenters. The van der Waals surface area contributed by atoms with E-state index in [0.29, 0.717) is 6.54 Å². The summed E-state index contributed by atoms with van der Waals surface area (Å²) in [5.74, 6) is 0.0658. The van der Waals surface area contributed by atoms with Gasteiger partial charge in [-0.05, 0) is 38.8 Å². The minimum absolute atomic E-state index is 0.117. The lowest BCUT2D eigenvalue weighted by molar-refractivity contribution is -0.134. The lowest BCUT2D eigenvalue weighted by Crippen LogP contribution is -2.39. The molecule has 0 N–H and O–H groups in total. The first-order chi connectivity index (χ1) is 10.5. The van der Waals surface area contributed by atoms with E-state index >= 15 is 0 Å². The Bertz CT molecular complexity index is 619. The second-order valence-electron chi connectivity index (χ2n) is 6.18. The maximum atomic E-state index is 12.9. The average molecular weight is 295 g/mol. The van der Waals surface area contributed by atoms with Gasteiger partial charge >= 0.3 is 0 Å². The van der Waals surface area contributed by atoms with Gasteiger partial charge in [0.15, 0.2) is 0 Å². The van der Waals surface area contributed by atoms with Gasteiger partial charge in [0, 0.05) is 12.6 Å². The van der Waals surface area contributed by atoms with Gasteiger partial charge in [0.05, 0.1) is 5.92 Å². The number of nitrogens with zero attached hydrogens (tertiary/aromatic N) is 1. The van der Waals surface area contributed by atoms with Crippen molar-refractivity contribution in [3.8, 4) is 0 Å². The van der Waals surface area contributed by atoms with E-state index in [9.17, 15) is 4.79 Å². The van der Waals surface area contributed by atoms with Crippen molar-refractivity contribution in [3.05, 3.63) is 71.3 Å². The third kappa shape index (κ3) is 3.97. The van der Waals surface area contributed by atoms with Gasteiger partial charge in [-0.2, -0.15) is 0 Å². The Morgan fingerprint density at radius 1 is 1.00 bits per heavy atom. The Morgan fingerprint density at radius 3 is 2.27 bits per heavy atom. The number of amides is 1. The number of aryl methyl sites for hydroxylation is 1. The van der Waals surface area contributed by atoms with Gasteiger partial charge in [0.1, 0.15) is 0 Å². The van der Waals surface area contributed by atoms with Crippen molar-refractivity contribution in [2.24, 2.45) is 0 Å². The zero-order chi connectivity index (χ0) is 16.1. The van der Waals surface area contributed by atoms with E-state index in [1.807, 2.05) is 48.2 Å². The number of hydrogen-bond acceptors (Lipinski definition) is 1. The zero-order valence-electron chi connectivity index (χ0n) is 13.9. The molecule has 22 heavy (non-hydrogen) atoms. The monoisotopic (exact) mass is 295 g/mol. The molecule has 2 nitrogen and oxygen atoms in total. The lowest BCUT2D eigenvalue weighted by Gasteiger charge is -2.30. The van der Waals surface area contributed by atoms with Crippen LogP contribution < -0.4 is 0 Å². The maximum Gasteiger partial charge on any atom is 0.230 e. The van der Waals surface area contributed by atoms with Crippen LogP contribution >= 0.6 is 0 Å². The van der Waals surface area contributed by atoms with Crippen molar-refractivity contribution in [1.29, 1.82) is 0 Å². The van der Waals surface area contributed by atoms with Crippen LogP contribution in [-0.2, 0) is 11.3 Å². The van der Waals surface area contributed by atoms with Crippen LogP contribution in [-0.4, -0.2) is 16.8 Å². The summed E-state index contributed by atoms with van der Waals surface area (Å²) < 4.78 is 0. The molecule has 0 bridgehead atoms. The Kier molecular flexibility index (Phi) is 5.37. The molecule has 1 atom stereocenters. The smallest absolute Gasteiger partial charge is 0.230 e. The fraction of sp³-hybridized carbons (Fsp3) is 0.350. The molecule has 0 aromatic heterocycles. The third-order valence-electron chi connectivity index (χ3n) is 4.01. The number of hydrogen-bond donors (Lipinski definition) is 0. The van der Waals surface area contributed by atoms with Crippen LogP contribution in [0, 0.1) is 6.92 Å². The Morgan fingerprint density at radius 2 is 1.68 bits per heavy atom. The SMILES string of the molecule is Cc1cccc(CN(C(=O)[C@@H](C)c2ccccc2)C(C)C)c1. The second kappa shape index (κ2) is 7.26. The molecule has 2 rings (SSSR count). The van der Waals surface area contributed by atoms with Crippen molar-refractivity contribution in [2.75, 3.05) is 0 Å². The zero-order valence-corrected chi connectivity index (χ0v) is 13.9. The predicted octanol–water partition coefficient (Wildman–Crippen LogP) is 4.54. The highest BCUT2D eigenvalue weighted by Gasteiger charge is 2.24. The third-order valence-corrected chi connectivity index (χ3v) is 4.01. The Balaban J connectivity index is 2.19. The topological polar surface area (TPSA) is 20.3 Å². The van der Waals surface area contributed by atoms with E-state index in [2.05, 4.69) is 39.0 Å². The van der Waals surface area contributed by atoms with Crippen molar-refractivity contribution >= 4 is 5.91 Å². The molecular formula is C20H25NO. The number of carbonyl (C=O) groups is 1. The summed E-state index contributed by atoms with van der Waals surface area (Å²) in [7, 11) is 0. The fourth-order valence-electron chi connectivity index (χ4n) is 2.66. The highest BCUT2D eigenvalue weighted by molar-refractivity contribution is 5.83. The van der Waals surface area contributed by atoms with Gasteiger partial charge in [-0.25, -0.2) is 0 Å². The Hall–Kier alpha value is -2.09. The predicted molar refractivity (Wildman–Crippen MR) is 91.7 cm³/mol. The van der Waals surface area contributed by atoms with Gasteiger partial charge in [0.25, 0.3) is 0 Å². The van der Waals surface area contributed by atoms with Gasteiger partial charge in [-0.15, -0.1) is 0 Å². The lowest BCUT2D eigenvalue weighted by atomic mass is 9.98. The van der Waals surface area contributed by atoms with Crippen LogP contribution in [0.3, 0.4) is 0 Å². The van der Waals surface area contributed by atoms with Crippen LogP contribution in [0.5, 0.6) is 0 Å². The van der Waals surface area contributed by atoms with E-state index in [1.165, 1.54) is 11.1 Å². The van der Waals surface area contributed by atoms with Crippen LogP contribution in [0.25, 0.3) is 0 Å². The first-order valence-electron chi connectivity index (χ1n) is 7.90. The highest BCUT2D eigenvalue weighted by Crippen LogP contribution is 2.21. The summed E-state index contributed by atoms with van der Waals surface area (Å²) in [6.07, 6.45) is 0. The average Bonchev–Trinajstić information content (AvgIpc) is 2.52. The molecule has 0 saturated carbocycles. The second-order valence-corrected chi connectivity index (χ2v) is 6.18. The number of benzene rings is 2. The Labute approximate surface area is 133 Å². The van der Waals surface area contributed by atoms with Crippen LogP contribution in [0.1, 0.15) is 43.4 Å². The first-order valence-corrected chi connectivity index (χ1v) is 7.90. The molecule has 0 heterocycles. The molecule has 116 valence electrons. The summed E-state index contributed by atoms with van der Waals surface area (Å²) in [5.41, 5.74) is 3.48. The normalized spacial score (nSPS) is 12.2. The fourth-order valence-corrected chi connectivity index (χ4v) is 2.66. The van der Waals surface area contributed by atoms with E-state index in [0.717, 1.165) is 5.56 Å². The molecule has 0 fully saturated rings. The first kappa shape index (κ1) is 16.3.